The molecule has 0 saturated carbocycles. The first kappa shape index (κ1) is 7.49. The number of nitrogens with zero attached hydrogens (tertiary/aromatic N) is 3. The zero-order valence-electron chi connectivity index (χ0n) is 6.90. The van der Waals surface area contributed by atoms with Gasteiger partial charge in [0.05, 0.1) is 6.20 Å². The minimum atomic E-state index is 0.914. The average molecular weight is 164 g/mol. The van der Waals surface area contributed by atoms with Gasteiger partial charge in [0.1, 0.15) is 0 Å². The van der Waals surface area contributed by atoms with Gasteiger partial charge in [0.2, 0.25) is 0 Å². The van der Waals surface area contributed by atoms with Crippen LogP contribution in [0.5, 0.6) is 0 Å². The number of hydrogen-bond acceptors (Lipinski definition) is 4. The molecule has 0 aromatic carbocycles. The molecular formula is C8H12N4. The minimum absolute atomic E-state index is 0.914. The maximum Gasteiger partial charge on any atom is 0.161 e. The van der Waals surface area contributed by atoms with Crippen LogP contribution in [0.4, 0.5) is 5.82 Å². The normalized spacial score (nSPS) is 17.8. The number of nitrogens with one attached hydrogen (secondary N) is 1. The zero-order chi connectivity index (χ0) is 8.23. The number of hydrazine groups is 1. The second kappa shape index (κ2) is 3.49. The van der Waals surface area contributed by atoms with Gasteiger partial charge in [-0.1, -0.05) is 0 Å². The van der Waals surface area contributed by atoms with Crippen molar-refractivity contribution in [3.8, 4) is 0 Å². The fraction of sp³-hybridized carbons (Fsp3) is 0.500. The Balaban J connectivity index is 2.08. The Morgan fingerprint density at radius 1 is 1.33 bits per heavy atom. The van der Waals surface area contributed by atoms with Gasteiger partial charge in [-0.25, -0.2) is 10.4 Å². The average Bonchev–Trinajstić information content (AvgIpc) is 2.21. The molecule has 1 N–H and O–H groups in total. The molecule has 2 heterocycles. The largest absolute Gasteiger partial charge is 0.291 e. The van der Waals surface area contributed by atoms with Crippen LogP contribution in [0, 0.1) is 0 Å². The van der Waals surface area contributed by atoms with E-state index in [-0.39, 0.29) is 0 Å². The van der Waals surface area contributed by atoms with Crippen molar-refractivity contribution in [1.82, 2.24) is 15.4 Å². The summed E-state index contributed by atoms with van der Waals surface area (Å²) in [7, 11) is 0. The van der Waals surface area contributed by atoms with Gasteiger partial charge in [-0.2, -0.15) is 0 Å². The lowest BCUT2D eigenvalue weighted by molar-refractivity contribution is 0.506. The van der Waals surface area contributed by atoms with E-state index in [9.17, 15) is 0 Å². The summed E-state index contributed by atoms with van der Waals surface area (Å²) in [5.74, 6) is 0.914. The summed E-state index contributed by atoms with van der Waals surface area (Å²) < 4.78 is 0. The Morgan fingerprint density at radius 3 is 3.00 bits per heavy atom. The van der Waals surface area contributed by atoms with Crippen molar-refractivity contribution in [3.63, 3.8) is 0 Å². The van der Waals surface area contributed by atoms with E-state index in [1.54, 1.807) is 18.6 Å². The van der Waals surface area contributed by atoms with Gasteiger partial charge in [-0.15, -0.1) is 0 Å². The Kier molecular flexibility index (Phi) is 2.18. The molecule has 2 rings (SSSR count). The second-order valence-electron chi connectivity index (χ2n) is 2.83. The molecule has 1 aromatic rings. The first-order chi connectivity index (χ1) is 5.97. The van der Waals surface area contributed by atoms with E-state index in [1.165, 1.54) is 12.8 Å². The van der Waals surface area contributed by atoms with Gasteiger partial charge in [-0.3, -0.25) is 9.99 Å². The smallest absolute Gasteiger partial charge is 0.161 e. The van der Waals surface area contributed by atoms with Crippen LogP contribution in [-0.2, 0) is 0 Å². The third kappa shape index (κ3) is 1.53. The van der Waals surface area contributed by atoms with E-state index < -0.39 is 0 Å². The lowest BCUT2D eigenvalue weighted by Crippen LogP contribution is -2.43. The zero-order valence-corrected chi connectivity index (χ0v) is 6.90. The molecule has 0 radical (unpaired) electrons. The van der Waals surface area contributed by atoms with E-state index in [1.807, 2.05) is 0 Å². The molecule has 0 unspecified atom stereocenters. The van der Waals surface area contributed by atoms with Gasteiger partial charge in [0, 0.05) is 25.5 Å². The molecule has 0 bridgehead atoms. The Morgan fingerprint density at radius 2 is 2.33 bits per heavy atom. The number of rotatable bonds is 1. The predicted octanol–water partition coefficient (Wildman–Crippen LogP) is 0.581. The van der Waals surface area contributed by atoms with Gasteiger partial charge < -0.3 is 0 Å². The van der Waals surface area contributed by atoms with Crippen LogP contribution in [0.1, 0.15) is 12.8 Å². The lowest BCUT2D eigenvalue weighted by Gasteiger charge is -2.27. The third-order valence-corrected chi connectivity index (χ3v) is 1.94. The standard InChI is InChI=1S/C8H12N4/c1-2-6-12(11-3-1)8-7-9-4-5-10-8/h4-5,7,11H,1-3,6H2. The fourth-order valence-electron chi connectivity index (χ4n) is 1.31. The molecule has 0 atom stereocenters. The van der Waals surface area contributed by atoms with Crippen molar-refractivity contribution in [2.75, 3.05) is 18.1 Å². The van der Waals surface area contributed by atoms with Crippen molar-refractivity contribution in [2.45, 2.75) is 12.8 Å². The van der Waals surface area contributed by atoms with Crippen molar-refractivity contribution in [3.05, 3.63) is 18.6 Å². The summed E-state index contributed by atoms with van der Waals surface area (Å²) in [5.41, 5.74) is 3.27. The van der Waals surface area contributed by atoms with Crippen LogP contribution >= 0.6 is 0 Å². The summed E-state index contributed by atoms with van der Waals surface area (Å²) in [6, 6.07) is 0. The van der Waals surface area contributed by atoms with Crippen molar-refractivity contribution in [2.24, 2.45) is 0 Å². The van der Waals surface area contributed by atoms with Crippen LogP contribution in [0.2, 0.25) is 0 Å². The molecule has 1 saturated heterocycles. The first-order valence-electron chi connectivity index (χ1n) is 4.24. The SMILES string of the molecule is c1cnc(N2CCCCN2)cn1. The van der Waals surface area contributed by atoms with Crippen molar-refractivity contribution < 1.29 is 0 Å². The molecule has 0 amide bonds. The highest BCUT2D eigenvalue weighted by molar-refractivity contribution is 5.33. The van der Waals surface area contributed by atoms with Crippen molar-refractivity contribution in [1.29, 1.82) is 0 Å². The molecule has 4 heteroatoms. The molecule has 12 heavy (non-hydrogen) atoms. The Bertz CT molecular complexity index is 230. The molecule has 1 aromatic heterocycles. The highest BCUT2D eigenvalue weighted by atomic mass is 15.5. The van der Waals surface area contributed by atoms with E-state index in [4.69, 9.17) is 0 Å². The van der Waals surface area contributed by atoms with Gasteiger partial charge in [-0.05, 0) is 12.8 Å². The monoisotopic (exact) mass is 164 g/mol. The van der Waals surface area contributed by atoms with Crippen LogP contribution in [0.15, 0.2) is 18.6 Å². The molecule has 64 valence electrons. The molecule has 0 aliphatic carbocycles. The number of aromatic nitrogens is 2. The summed E-state index contributed by atoms with van der Waals surface area (Å²) in [4.78, 5) is 8.22. The van der Waals surface area contributed by atoms with E-state index in [0.29, 0.717) is 0 Å². The summed E-state index contributed by atoms with van der Waals surface area (Å²) >= 11 is 0. The Labute approximate surface area is 71.6 Å². The van der Waals surface area contributed by atoms with Crippen LogP contribution in [0.3, 0.4) is 0 Å². The predicted molar refractivity (Wildman–Crippen MR) is 46.6 cm³/mol. The quantitative estimate of drug-likeness (QED) is 0.659. The maximum atomic E-state index is 4.20. The van der Waals surface area contributed by atoms with Crippen LogP contribution in [-0.4, -0.2) is 23.1 Å². The number of anilines is 1. The molecule has 0 spiro atoms. The highest BCUT2D eigenvalue weighted by Gasteiger charge is 2.10. The molecule has 1 aliphatic heterocycles. The van der Waals surface area contributed by atoms with Gasteiger partial charge in [0.25, 0.3) is 0 Å². The van der Waals surface area contributed by atoms with E-state index >= 15 is 0 Å². The van der Waals surface area contributed by atoms with Crippen LogP contribution < -0.4 is 10.4 Å². The second-order valence-corrected chi connectivity index (χ2v) is 2.83. The minimum Gasteiger partial charge on any atom is -0.291 e. The summed E-state index contributed by atoms with van der Waals surface area (Å²) in [6.07, 6.45) is 7.65. The summed E-state index contributed by atoms with van der Waals surface area (Å²) in [6.45, 7) is 2.06. The van der Waals surface area contributed by atoms with Gasteiger partial charge >= 0.3 is 0 Å². The third-order valence-electron chi connectivity index (χ3n) is 1.94. The lowest BCUT2D eigenvalue weighted by atomic mass is 10.3. The molecule has 1 fully saturated rings. The molecule has 4 nitrogen and oxygen atoms in total. The van der Waals surface area contributed by atoms with Crippen molar-refractivity contribution >= 4 is 5.82 Å². The molecule has 1 aliphatic rings. The Hall–Kier alpha value is -1.16. The maximum absolute atomic E-state index is 4.20. The number of hydrogen-bond donors (Lipinski definition) is 1. The van der Waals surface area contributed by atoms with Crippen LogP contribution in [0.25, 0.3) is 0 Å². The first-order valence-corrected chi connectivity index (χ1v) is 4.24. The fourth-order valence-corrected chi connectivity index (χ4v) is 1.31. The van der Waals surface area contributed by atoms with E-state index in [0.717, 1.165) is 18.9 Å². The topological polar surface area (TPSA) is 41.1 Å². The highest BCUT2D eigenvalue weighted by Crippen LogP contribution is 2.08. The summed E-state index contributed by atoms with van der Waals surface area (Å²) in [5, 5.41) is 2.05. The van der Waals surface area contributed by atoms with E-state index in [2.05, 4.69) is 20.4 Å². The molecular weight excluding hydrogens is 152 g/mol. The van der Waals surface area contributed by atoms with Gasteiger partial charge in [0.15, 0.2) is 5.82 Å².